The highest BCUT2D eigenvalue weighted by Crippen LogP contribution is 2.34. The Morgan fingerprint density at radius 2 is 1.81 bits per heavy atom. The highest BCUT2D eigenvalue weighted by molar-refractivity contribution is 5.69. The van der Waals surface area contributed by atoms with Crippen LogP contribution in [0.2, 0.25) is 0 Å². The highest BCUT2D eigenvalue weighted by Gasteiger charge is 2.41. The standard InChI is InChI=1S/C24H34N4O3/c1-19(2)27-14-16-28(17-15-27)23(29)31-24(10-12-25-13-11-24)20-8-9-22(26-18-20)30-21-6-4-3-5-7-21/h3-9,18-19,22,25-26H,10-17H2,1-2H3. The van der Waals surface area contributed by atoms with Crippen LogP contribution in [0.25, 0.3) is 0 Å². The molecular formula is C24H34N4O3. The molecule has 168 valence electrons. The van der Waals surface area contributed by atoms with Crippen LogP contribution in [0.15, 0.2) is 54.3 Å². The Balaban J connectivity index is 1.40. The number of nitrogens with one attached hydrogen (secondary N) is 2. The molecule has 2 N–H and O–H groups in total. The average Bonchev–Trinajstić information content (AvgIpc) is 2.81. The van der Waals surface area contributed by atoms with Crippen LogP contribution in [0, 0.1) is 0 Å². The van der Waals surface area contributed by atoms with Crippen molar-refractivity contribution in [2.24, 2.45) is 0 Å². The van der Waals surface area contributed by atoms with Crippen molar-refractivity contribution in [1.29, 1.82) is 0 Å². The Morgan fingerprint density at radius 1 is 1.10 bits per heavy atom. The van der Waals surface area contributed by atoms with Crippen LogP contribution in [0.3, 0.4) is 0 Å². The van der Waals surface area contributed by atoms with E-state index in [1.165, 1.54) is 0 Å². The molecule has 7 heteroatoms. The Hall–Kier alpha value is -2.51. The number of amides is 1. The van der Waals surface area contributed by atoms with E-state index in [0.29, 0.717) is 19.1 Å². The van der Waals surface area contributed by atoms with Crippen LogP contribution in [0.1, 0.15) is 26.7 Å². The molecule has 0 aliphatic carbocycles. The molecule has 0 spiro atoms. The molecule has 1 amide bonds. The number of carbonyl (C=O) groups excluding carboxylic acids is 1. The maximum atomic E-state index is 13.1. The zero-order chi connectivity index (χ0) is 21.7. The topological polar surface area (TPSA) is 66.1 Å². The molecule has 0 radical (unpaired) electrons. The third-order valence-corrected chi connectivity index (χ3v) is 6.38. The second-order valence-electron chi connectivity index (χ2n) is 8.71. The third-order valence-electron chi connectivity index (χ3n) is 6.38. The number of piperidine rings is 1. The molecule has 1 unspecified atom stereocenters. The van der Waals surface area contributed by atoms with Gasteiger partial charge >= 0.3 is 6.09 Å². The number of hydrogen-bond donors (Lipinski definition) is 2. The first kappa shape index (κ1) is 21.7. The van der Waals surface area contributed by atoms with Gasteiger partial charge < -0.3 is 25.0 Å². The first-order chi connectivity index (χ1) is 15.1. The van der Waals surface area contributed by atoms with E-state index in [-0.39, 0.29) is 12.3 Å². The summed E-state index contributed by atoms with van der Waals surface area (Å²) in [6.07, 6.45) is 7.04. The predicted molar refractivity (Wildman–Crippen MR) is 121 cm³/mol. The molecule has 2 fully saturated rings. The van der Waals surface area contributed by atoms with Crippen LogP contribution in [-0.2, 0) is 4.74 Å². The molecule has 1 atom stereocenters. The lowest BCUT2D eigenvalue weighted by Gasteiger charge is -2.42. The van der Waals surface area contributed by atoms with Gasteiger partial charge in [0, 0.05) is 56.8 Å². The molecule has 7 nitrogen and oxygen atoms in total. The van der Waals surface area contributed by atoms with E-state index in [4.69, 9.17) is 9.47 Å². The minimum atomic E-state index is -0.612. The van der Waals surface area contributed by atoms with Gasteiger partial charge in [0.1, 0.15) is 11.4 Å². The van der Waals surface area contributed by atoms with E-state index in [9.17, 15) is 4.79 Å². The Labute approximate surface area is 185 Å². The first-order valence-electron chi connectivity index (χ1n) is 11.3. The third kappa shape index (κ3) is 5.22. The van der Waals surface area contributed by atoms with Gasteiger partial charge in [0.25, 0.3) is 0 Å². The van der Waals surface area contributed by atoms with Gasteiger partial charge in [0.2, 0.25) is 0 Å². The smallest absolute Gasteiger partial charge is 0.410 e. The molecule has 4 rings (SSSR count). The fraction of sp³-hybridized carbons (Fsp3) is 0.542. The molecule has 0 saturated carbocycles. The van der Waals surface area contributed by atoms with E-state index in [1.54, 1.807) is 0 Å². The maximum absolute atomic E-state index is 13.1. The summed E-state index contributed by atoms with van der Waals surface area (Å²) in [5.74, 6) is 0.810. The molecule has 31 heavy (non-hydrogen) atoms. The Morgan fingerprint density at radius 3 is 2.42 bits per heavy atom. The van der Waals surface area contributed by atoms with Crippen molar-refractivity contribution in [2.75, 3.05) is 39.3 Å². The van der Waals surface area contributed by atoms with Gasteiger partial charge in [-0.05, 0) is 45.1 Å². The van der Waals surface area contributed by atoms with Gasteiger partial charge in [-0.2, -0.15) is 0 Å². The van der Waals surface area contributed by atoms with Gasteiger partial charge in [-0.25, -0.2) is 4.79 Å². The summed E-state index contributed by atoms with van der Waals surface area (Å²) in [4.78, 5) is 17.3. The number of carbonyl (C=O) groups is 1. The summed E-state index contributed by atoms with van der Waals surface area (Å²) in [7, 11) is 0. The van der Waals surface area contributed by atoms with Crippen molar-refractivity contribution in [2.45, 2.75) is 44.6 Å². The fourth-order valence-electron chi connectivity index (χ4n) is 4.40. The summed E-state index contributed by atoms with van der Waals surface area (Å²) in [5, 5.41) is 6.69. The van der Waals surface area contributed by atoms with Gasteiger partial charge in [-0.15, -0.1) is 0 Å². The fourth-order valence-corrected chi connectivity index (χ4v) is 4.40. The molecule has 3 aliphatic rings. The van der Waals surface area contributed by atoms with Crippen molar-refractivity contribution < 1.29 is 14.3 Å². The Bertz CT molecular complexity index is 794. The van der Waals surface area contributed by atoms with E-state index in [0.717, 1.165) is 50.3 Å². The molecule has 1 aromatic carbocycles. The number of rotatable bonds is 5. The van der Waals surface area contributed by atoms with Crippen LogP contribution in [0.4, 0.5) is 4.79 Å². The largest absolute Gasteiger partial charge is 0.467 e. The summed E-state index contributed by atoms with van der Waals surface area (Å²) < 4.78 is 12.2. The summed E-state index contributed by atoms with van der Waals surface area (Å²) in [6.45, 7) is 9.25. The monoisotopic (exact) mass is 426 g/mol. The number of hydrogen-bond acceptors (Lipinski definition) is 6. The number of dihydropyridines is 1. The first-order valence-corrected chi connectivity index (χ1v) is 11.3. The van der Waals surface area contributed by atoms with Crippen molar-refractivity contribution in [3.8, 4) is 5.75 Å². The summed E-state index contributed by atoms with van der Waals surface area (Å²) >= 11 is 0. The van der Waals surface area contributed by atoms with Crippen molar-refractivity contribution in [1.82, 2.24) is 20.4 Å². The van der Waals surface area contributed by atoms with E-state index >= 15 is 0 Å². The minimum absolute atomic E-state index is 0.206. The molecule has 3 heterocycles. The zero-order valence-electron chi connectivity index (χ0n) is 18.5. The lowest BCUT2D eigenvalue weighted by molar-refractivity contribution is -0.0120. The van der Waals surface area contributed by atoms with Crippen molar-refractivity contribution in [3.63, 3.8) is 0 Å². The van der Waals surface area contributed by atoms with Gasteiger partial charge in [-0.1, -0.05) is 24.3 Å². The number of nitrogens with zero attached hydrogens (tertiary/aromatic N) is 2. The van der Waals surface area contributed by atoms with E-state index < -0.39 is 5.60 Å². The molecule has 0 aromatic heterocycles. The number of piperazine rings is 1. The molecule has 1 aromatic rings. The van der Waals surface area contributed by atoms with Crippen molar-refractivity contribution in [3.05, 3.63) is 54.3 Å². The predicted octanol–water partition coefficient (Wildman–Crippen LogP) is 2.72. The average molecular weight is 427 g/mol. The van der Waals surface area contributed by atoms with Gasteiger partial charge in [0.05, 0.1) is 0 Å². The zero-order valence-corrected chi connectivity index (χ0v) is 18.5. The second kappa shape index (κ2) is 9.75. The quantitative estimate of drug-likeness (QED) is 0.755. The normalized spacial score (nSPS) is 23.8. The number of ether oxygens (including phenoxy) is 2. The molecule has 0 bridgehead atoms. The lowest BCUT2D eigenvalue weighted by Crippen LogP contribution is -2.54. The van der Waals surface area contributed by atoms with Crippen LogP contribution < -0.4 is 15.4 Å². The van der Waals surface area contributed by atoms with E-state index in [1.807, 2.05) is 53.6 Å². The van der Waals surface area contributed by atoms with Gasteiger partial charge in [0.15, 0.2) is 6.23 Å². The molecule has 3 aliphatic heterocycles. The van der Waals surface area contributed by atoms with Gasteiger partial charge in [-0.3, -0.25) is 4.90 Å². The summed E-state index contributed by atoms with van der Waals surface area (Å²) in [6, 6.07) is 10.2. The van der Waals surface area contributed by atoms with Crippen LogP contribution >= 0.6 is 0 Å². The van der Waals surface area contributed by atoms with Crippen LogP contribution in [0.5, 0.6) is 5.75 Å². The van der Waals surface area contributed by atoms with E-state index in [2.05, 4.69) is 29.4 Å². The lowest BCUT2D eigenvalue weighted by atomic mass is 9.84. The van der Waals surface area contributed by atoms with Crippen LogP contribution in [-0.4, -0.2) is 73.0 Å². The Kier molecular flexibility index (Phi) is 6.83. The number of benzene rings is 1. The SMILES string of the molecule is CC(C)N1CCN(C(=O)OC2(C3=CNC(Oc4ccccc4)C=C3)CCNCC2)CC1. The molecular weight excluding hydrogens is 392 g/mol. The van der Waals surface area contributed by atoms with Crippen molar-refractivity contribution >= 4 is 6.09 Å². The highest BCUT2D eigenvalue weighted by atomic mass is 16.6. The maximum Gasteiger partial charge on any atom is 0.410 e. The second-order valence-corrected chi connectivity index (χ2v) is 8.71. The molecule has 2 saturated heterocycles. The summed E-state index contributed by atoms with van der Waals surface area (Å²) in [5.41, 5.74) is 0.384. The minimum Gasteiger partial charge on any atom is -0.467 e. The number of para-hydroxylation sites is 1.